The van der Waals surface area contributed by atoms with Gasteiger partial charge in [0.05, 0.1) is 0 Å². The SMILES string of the molecule is CCNC(=O)NS(=O)(=O)c1ccc(N)nc1. The van der Waals surface area contributed by atoms with Crippen molar-refractivity contribution in [1.29, 1.82) is 0 Å². The van der Waals surface area contributed by atoms with Crippen molar-refractivity contribution in [2.75, 3.05) is 12.3 Å². The van der Waals surface area contributed by atoms with Crippen molar-refractivity contribution in [2.24, 2.45) is 0 Å². The molecule has 0 bridgehead atoms. The minimum atomic E-state index is -3.88. The molecule has 1 aromatic heterocycles. The topological polar surface area (TPSA) is 114 Å². The van der Waals surface area contributed by atoms with Crippen molar-refractivity contribution in [2.45, 2.75) is 11.8 Å². The Kier molecular flexibility index (Phi) is 3.67. The second-order valence-electron chi connectivity index (χ2n) is 2.88. The molecule has 7 nitrogen and oxygen atoms in total. The molecule has 0 aliphatic heterocycles. The van der Waals surface area contributed by atoms with Crippen molar-refractivity contribution < 1.29 is 13.2 Å². The first-order valence-corrected chi connectivity index (χ1v) is 5.96. The van der Waals surface area contributed by atoms with Gasteiger partial charge in [0.15, 0.2) is 0 Å². The lowest BCUT2D eigenvalue weighted by atomic mass is 10.5. The van der Waals surface area contributed by atoms with Crippen molar-refractivity contribution in [3.63, 3.8) is 0 Å². The lowest BCUT2D eigenvalue weighted by molar-refractivity contribution is 0.246. The van der Waals surface area contributed by atoms with E-state index < -0.39 is 16.1 Å². The maximum Gasteiger partial charge on any atom is 0.328 e. The predicted octanol–water partition coefficient (Wildman–Crippen LogP) is -0.328. The molecule has 0 unspecified atom stereocenters. The molecule has 0 spiro atoms. The number of nitrogens with zero attached hydrogens (tertiary/aromatic N) is 1. The quantitative estimate of drug-likeness (QED) is 0.673. The van der Waals surface area contributed by atoms with Crippen LogP contribution in [-0.4, -0.2) is 26.0 Å². The average molecular weight is 244 g/mol. The summed E-state index contributed by atoms with van der Waals surface area (Å²) < 4.78 is 25.0. The molecule has 1 aromatic rings. The van der Waals surface area contributed by atoms with E-state index in [-0.39, 0.29) is 10.7 Å². The Morgan fingerprint density at radius 3 is 2.69 bits per heavy atom. The fourth-order valence-corrected chi connectivity index (χ4v) is 1.80. The van der Waals surface area contributed by atoms with Gasteiger partial charge in [-0.05, 0) is 19.1 Å². The number of nitrogen functional groups attached to an aromatic ring is 1. The van der Waals surface area contributed by atoms with Crippen LogP contribution < -0.4 is 15.8 Å². The molecule has 0 radical (unpaired) electrons. The molecular weight excluding hydrogens is 232 g/mol. The minimum absolute atomic E-state index is 0.118. The number of amides is 2. The van der Waals surface area contributed by atoms with E-state index in [0.717, 1.165) is 6.20 Å². The number of rotatable bonds is 3. The van der Waals surface area contributed by atoms with E-state index in [0.29, 0.717) is 6.54 Å². The van der Waals surface area contributed by atoms with Gasteiger partial charge in [-0.2, -0.15) is 0 Å². The van der Waals surface area contributed by atoms with Gasteiger partial charge in [0.1, 0.15) is 10.7 Å². The molecule has 0 saturated carbocycles. The third-order valence-electron chi connectivity index (χ3n) is 1.63. The number of pyridine rings is 1. The van der Waals surface area contributed by atoms with Crippen LogP contribution in [0.3, 0.4) is 0 Å². The van der Waals surface area contributed by atoms with Crippen molar-refractivity contribution in [3.8, 4) is 0 Å². The summed E-state index contributed by atoms with van der Waals surface area (Å²) in [5.41, 5.74) is 5.31. The normalized spacial score (nSPS) is 10.8. The fourth-order valence-electron chi connectivity index (χ4n) is 0.928. The van der Waals surface area contributed by atoms with Crippen LogP contribution in [0, 0.1) is 0 Å². The molecule has 8 heteroatoms. The van der Waals surface area contributed by atoms with Crippen LogP contribution in [0.5, 0.6) is 0 Å². The Morgan fingerprint density at radius 1 is 1.50 bits per heavy atom. The molecule has 0 aliphatic rings. The highest BCUT2D eigenvalue weighted by molar-refractivity contribution is 7.90. The molecule has 2 amide bonds. The van der Waals surface area contributed by atoms with Gasteiger partial charge in [-0.25, -0.2) is 22.9 Å². The minimum Gasteiger partial charge on any atom is -0.384 e. The van der Waals surface area contributed by atoms with Crippen molar-refractivity contribution in [3.05, 3.63) is 18.3 Å². The number of nitrogens with two attached hydrogens (primary N) is 1. The number of sulfonamides is 1. The highest BCUT2D eigenvalue weighted by Gasteiger charge is 2.17. The van der Waals surface area contributed by atoms with Crippen molar-refractivity contribution >= 4 is 21.9 Å². The molecular formula is C8H12N4O3S. The first-order valence-electron chi connectivity index (χ1n) is 4.48. The Hall–Kier alpha value is -1.83. The summed E-state index contributed by atoms with van der Waals surface area (Å²) in [4.78, 5) is 14.6. The van der Waals surface area contributed by atoms with E-state index in [1.807, 2.05) is 4.72 Å². The summed E-state index contributed by atoms with van der Waals surface area (Å²) >= 11 is 0. The number of aromatic nitrogens is 1. The second-order valence-corrected chi connectivity index (χ2v) is 4.57. The zero-order valence-electron chi connectivity index (χ0n) is 8.60. The van der Waals surface area contributed by atoms with Gasteiger partial charge in [0, 0.05) is 12.7 Å². The summed E-state index contributed by atoms with van der Waals surface area (Å²) in [7, 11) is -3.88. The van der Waals surface area contributed by atoms with Gasteiger partial charge in [0.2, 0.25) is 0 Å². The second kappa shape index (κ2) is 4.79. The van der Waals surface area contributed by atoms with Crippen LogP contribution in [0.25, 0.3) is 0 Å². The van der Waals surface area contributed by atoms with Crippen LogP contribution >= 0.6 is 0 Å². The molecule has 0 saturated heterocycles. The van der Waals surface area contributed by atoms with Gasteiger partial charge in [-0.3, -0.25) is 0 Å². The number of hydrogen-bond donors (Lipinski definition) is 3. The number of nitrogens with one attached hydrogen (secondary N) is 2. The van der Waals surface area contributed by atoms with E-state index in [9.17, 15) is 13.2 Å². The Balaban J connectivity index is 2.86. The maximum atomic E-state index is 11.6. The molecule has 0 fully saturated rings. The Morgan fingerprint density at radius 2 is 2.19 bits per heavy atom. The summed E-state index contributed by atoms with van der Waals surface area (Å²) in [5, 5.41) is 2.31. The molecule has 1 heterocycles. The van der Waals surface area contributed by atoms with Gasteiger partial charge >= 0.3 is 6.03 Å². The third-order valence-corrected chi connectivity index (χ3v) is 2.95. The number of urea groups is 1. The van der Waals surface area contributed by atoms with E-state index in [2.05, 4.69) is 10.3 Å². The summed E-state index contributed by atoms with van der Waals surface area (Å²) in [6.07, 6.45) is 1.08. The van der Waals surface area contributed by atoms with Crippen LogP contribution in [-0.2, 0) is 10.0 Å². The highest BCUT2D eigenvalue weighted by Crippen LogP contribution is 2.07. The molecule has 0 atom stereocenters. The maximum absolute atomic E-state index is 11.6. The number of carbonyl (C=O) groups is 1. The Bertz CT molecular complexity index is 469. The first kappa shape index (κ1) is 12.2. The zero-order valence-corrected chi connectivity index (χ0v) is 9.41. The van der Waals surface area contributed by atoms with E-state index in [4.69, 9.17) is 5.73 Å². The highest BCUT2D eigenvalue weighted by atomic mass is 32.2. The summed E-state index contributed by atoms with van der Waals surface area (Å²) in [6.45, 7) is 2.01. The van der Waals surface area contributed by atoms with Crippen LogP contribution in [0.4, 0.5) is 10.6 Å². The standard InChI is InChI=1S/C8H12N4O3S/c1-2-10-8(13)12-16(14,15)6-3-4-7(9)11-5-6/h3-5H,2H2,1H3,(H2,9,11)(H2,10,12,13). The van der Waals surface area contributed by atoms with E-state index in [1.54, 1.807) is 6.92 Å². The van der Waals surface area contributed by atoms with Gasteiger partial charge in [0.25, 0.3) is 10.0 Å². The predicted molar refractivity (Wildman–Crippen MR) is 58.0 cm³/mol. The Labute approximate surface area is 93.1 Å². The molecule has 0 aromatic carbocycles. The van der Waals surface area contributed by atoms with Crippen molar-refractivity contribution in [1.82, 2.24) is 15.0 Å². The third kappa shape index (κ3) is 3.09. The van der Waals surface area contributed by atoms with Crippen LogP contribution in [0.15, 0.2) is 23.2 Å². The zero-order chi connectivity index (χ0) is 12.2. The van der Waals surface area contributed by atoms with Gasteiger partial charge < -0.3 is 11.1 Å². The molecule has 0 aliphatic carbocycles. The molecule has 16 heavy (non-hydrogen) atoms. The number of anilines is 1. The van der Waals surface area contributed by atoms with Crippen LogP contribution in [0.1, 0.15) is 6.92 Å². The lowest BCUT2D eigenvalue weighted by Crippen LogP contribution is -2.39. The molecule has 1 rings (SSSR count). The van der Waals surface area contributed by atoms with E-state index in [1.165, 1.54) is 12.1 Å². The smallest absolute Gasteiger partial charge is 0.328 e. The van der Waals surface area contributed by atoms with Gasteiger partial charge in [-0.15, -0.1) is 0 Å². The number of carbonyl (C=O) groups excluding carboxylic acids is 1. The van der Waals surface area contributed by atoms with E-state index >= 15 is 0 Å². The largest absolute Gasteiger partial charge is 0.384 e. The number of hydrogen-bond acceptors (Lipinski definition) is 5. The first-order chi connectivity index (χ1) is 7.45. The van der Waals surface area contributed by atoms with Gasteiger partial charge in [-0.1, -0.05) is 0 Å². The monoisotopic (exact) mass is 244 g/mol. The average Bonchev–Trinajstić information content (AvgIpc) is 2.17. The summed E-state index contributed by atoms with van der Waals surface area (Å²) in [6, 6.07) is 1.83. The summed E-state index contributed by atoms with van der Waals surface area (Å²) in [5.74, 6) is 0.206. The molecule has 4 N–H and O–H groups in total. The lowest BCUT2D eigenvalue weighted by Gasteiger charge is -2.06. The molecule has 88 valence electrons. The fraction of sp³-hybridized carbons (Fsp3) is 0.250. The van der Waals surface area contributed by atoms with Crippen LogP contribution in [0.2, 0.25) is 0 Å².